The van der Waals surface area contributed by atoms with Crippen LogP contribution in [0.3, 0.4) is 0 Å². The molecule has 1 N–H and O–H groups in total. The Balaban J connectivity index is 1.30. The quantitative estimate of drug-likeness (QED) is 0.707. The highest BCUT2D eigenvalue weighted by Gasteiger charge is 2.26. The predicted octanol–water partition coefficient (Wildman–Crippen LogP) is 4.03. The molecular weight excluding hydrogens is 371 g/mol. The van der Waals surface area contributed by atoms with Gasteiger partial charge in [0.25, 0.3) is 0 Å². The van der Waals surface area contributed by atoms with E-state index in [-0.39, 0.29) is 17.6 Å². The van der Waals surface area contributed by atoms with E-state index in [1.54, 1.807) is 12.1 Å². The summed E-state index contributed by atoms with van der Waals surface area (Å²) in [4.78, 5) is 19.2. The van der Waals surface area contributed by atoms with Gasteiger partial charge in [0, 0.05) is 17.2 Å². The molecule has 1 aromatic heterocycles. The molecule has 0 aliphatic carbocycles. The Labute approximate surface area is 168 Å². The van der Waals surface area contributed by atoms with E-state index >= 15 is 0 Å². The summed E-state index contributed by atoms with van der Waals surface area (Å²) in [6.45, 7) is 4.12. The maximum Gasteiger partial charge on any atom is 0.241 e. The fourth-order valence-corrected chi connectivity index (χ4v) is 3.61. The van der Waals surface area contributed by atoms with Gasteiger partial charge in [-0.05, 0) is 56.6 Å². The number of carbonyl (C=O) groups is 1. The molecule has 6 nitrogen and oxygen atoms in total. The molecule has 4 rings (SSSR count). The number of aromatic nitrogens is 2. The number of nitrogens with one attached hydrogen (secondary N) is 1. The van der Waals surface area contributed by atoms with Crippen LogP contribution in [-0.4, -0.2) is 34.0 Å². The smallest absolute Gasteiger partial charge is 0.241 e. The van der Waals surface area contributed by atoms with Crippen molar-refractivity contribution in [3.05, 3.63) is 65.8 Å². The van der Waals surface area contributed by atoms with Crippen LogP contribution in [0.5, 0.6) is 0 Å². The fraction of sp³-hybridized carbons (Fsp3) is 0.318. The third-order valence-corrected chi connectivity index (χ3v) is 5.26. The highest BCUT2D eigenvalue weighted by Crippen LogP contribution is 2.23. The molecule has 0 bridgehead atoms. The van der Waals surface area contributed by atoms with Crippen molar-refractivity contribution in [3.8, 4) is 11.4 Å². The average Bonchev–Trinajstić information content (AvgIpc) is 3.17. The lowest BCUT2D eigenvalue weighted by Crippen LogP contribution is -2.37. The first-order valence-electron chi connectivity index (χ1n) is 9.76. The maximum absolute atomic E-state index is 13.3. The fourth-order valence-electron chi connectivity index (χ4n) is 3.61. The third-order valence-electron chi connectivity index (χ3n) is 5.26. The largest absolute Gasteiger partial charge is 0.338 e. The van der Waals surface area contributed by atoms with Crippen LogP contribution in [0.25, 0.3) is 11.4 Å². The number of aryl methyl sites for hydroxylation is 1. The summed E-state index contributed by atoms with van der Waals surface area (Å²) < 4.78 is 18.7. The van der Waals surface area contributed by atoms with Crippen LogP contribution in [-0.2, 0) is 11.3 Å². The summed E-state index contributed by atoms with van der Waals surface area (Å²) in [6, 6.07) is 13.9. The first kappa shape index (κ1) is 19.3. The number of hydrogen-bond donors (Lipinski definition) is 1. The van der Waals surface area contributed by atoms with Crippen molar-refractivity contribution >= 4 is 11.6 Å². The molecule has 0 unspecified atom stereocenters. The zero-order chi connectivity index (χ0) is 20.2. The number of carbonyl (C=O) groups excluding carboxylic acids is 1. The van der Waals surface area contributed by atoms with Crippen LogP contribution in [0, 0.1) is 18.7 Å². The second-order valence-electron chi connectivity index (χ2n) is 7.38. The van der Waals surface area contributed by atoms with Crippen LogP contribution >= 0.6 is 0 Å². The van der Waals surface area contributed by atoms with Gasteiger partial charge in [-0.3, -0.25) is 9.69 Å². The lowest BCUT2D eigenvalue weighted by Gasteiger charge is -2.30. The summed E-state index contributed by atoms with van der Waals surface area (Å²) >= 11 is 0. The van der Waals surface area contributed by atoms with Gasteiger partial charge in [0.05, 0.1) is 6.54 Å². The second-order valence-corrected chi connectivity index (χ2v) is 7.38. The van der Waals surface area contributed by atoms with E-state index in [2.05, 4.69) is 20.4 Å². The van der Waals surface area contributed by atoms with E-state index in [0.717, 1.165) is 37.1 Å². The zero-order valence-corrected chi connectivity index (χ0v) is 16.3. The van der Waals surface area contributed by atoms with E-state index in [0.29, 0.717) is 23.9 Å². The number of piperidine rings is 1. The minimum Gasteiger partial charge on any atom is -0.338 e. The predicted molar refractivity (Wildman–Crippen MR) is 108 cm³/mol. The standard InChI is InChI=1S/C22H23FN4O2/c1-15-5-2-3-8-19(15)21-25-20(29-26-21)14-27-11-9-16(10-12-27)22(28)24-18-7-4-6-17(23)13-18/h2-8,13,16H,9-12,14H2,1H3,(H,24,28). The molecule has 1 aliphatic heterocycles. The zero-order valence-electron chi connectivity index (χ0n) is 16.3. The van der Waals surface area contributed by atoms with Gasteiger partial charge in [-0.25, -0.2) is 4.39 Å². The first-order chi connectivity index (χ1) is 14.1. The van der Waals surface area contributed by atoms with Gasteiger partial charge in [0.1, 0.15) is 5.82 Å². The van der Waals surface area contributed by atoms with Gasteiger partial charge in [-0.15, -0.1) is 0 Å². The van der Waals surface area contributed by atoms with E-state index in [1.165, 1.54) is 12.1 Å². The van der Waals surface area contributed by atoms with Gasteiger partial charge < -0.3 is 9.84 Å². The number of halogens is 1. The molecule has 2 heterocycles. The molecule has 7 heteroatoms. The summed E-state index contributed by atoms with van der Waals surface area (Å²) in [6.07, 6.45) is 1.47. The molecule has 1 amide bonds. The van der Waals surface area contributed by atoms with Crippen LogP contribution < -0.4 is 5.32 Å². The normalized spacial score (nSPS) is 15.4. The van der Waals surface area contributed by atoms with Crippen molar-refractivity contribution in [2.24, 2.45) is 5.92 Å². The number of nitrogens with zero attached hydrogens (tertiary/aromatic N) is 3. The summed E-state index contributed by atoms with van der Waals surface area (Å²) in [7, 11) is 0. The van der Waals surface area contributed by atoms with E-state index in [4.69, 9.17) is 4.52 Å². The number of hydrogen-bond acceptors (Lipinski definition) is 5. The van der Waals surface area contributed by atoms with Crippen LogP contribution in [0.2, 0.25) is 0 Å². The molecule has 0 atom stereocenters. The van der Waals surface area contributed by atoms with Crippen molar-refractivity contribution < 1.29 is 13.7 Å². The highest BCUT2D eigenvalue weighted by molar-refractivity contribution is 5.92. The monoisotopic (exact) mass is 394 g/mol. The SMILES string of the molecule is Cc1ccccc1-c1noc(CN2CCC(C(=O)Nc3cccc(F)c3)CC2)n1. The minimum atomic E-state index is -0.359. The molecule has 1 saturated heterocycles. The van der Waals surface area contributed by atoms with Crippen LogP contribution in [0.1, 0.15) is 24.3 Å². The third kappa shape index (κ3) is 4.68. The van der Waals surface area contributed by atoms with Gasteiger partial charge in [0.2, 0.25) is 17.6 Å². The molecule has 0 spiro atoms. The summed E-state index contributed by atoms with van der Waals surface area (Å²) in [5, 5.41) is 6.91. The Kier molecular flexibility index (Phi) is 5.67. The van der Waals surface area contributed by atoms with Crippen molar-refractivity contribution in [2.45, 2.75) is 26.3 Å². The van der Waals surface area contributed by atoms with Crippen LogP contribution in [0.15, 0.2) is 53.1 Å². The van der Waals surface area contributed by atoms with Crippen molar-refractivity contribution in [1.82, 2.24) is 15.0 Å². The molecule has 29 heavy (non-hydrogen) atoms. The molecule has 0 radical (unpaired) electrons. The number of anilines is 1. The number of likely N-dealkylation sites (tertiary alicyclic amines) is 1. The highest BCUT2D eigenvalue weighted by atomic mass is 19.1. The van der Waals surface area contributed by atoms with Gasteiger partial charge >= 0.3 is 0 Å². The Morgan fingerprint density at radius 3 is 2.76 bits per heavy atom. The van der Waals surface area contributed by atoms with Crippen molar-refractivity contribution in [2.75, 3.05) is 18.4 Å². The second kappa shape index (κ2) is 8.53. The Hall–Kier alpha value is -3.06. The molecule has 2 aromatic carbocycles. The molecular formula is C22H23FN4O2. The molecule has 3 aromatic rings. The molecule has 0 saturated carbocycles. The lowest BCUT2D eigenvalue weighted by molar-refractivity contribution is -0.121. The maximum atomic E-state index is 13.3. The van der Waals surface area contributed by atoms with Crippen molar-refractivity contribution in [1.29, 1.82) is 0 Å². The van der Waals surface area contributed by atoms with E-state index < -0.39 is 0 Å². The van der Waals surface area contributed by atoms with Crippen LogP contribution in [0.4, 0.5) is 10.1 Å². The number of rotatable bonds is 5. The van der Waals surface area contributed by atoms with Gasteiger partial charge in [-0.1, -0.05) is 35.5 Å². The Bertz CT molecular complexity index is 996. The first-order valence-corrected chi connectivity index (χ1v) is 9.76. The Morgan fingerprint density at radius 1 is 1.21 bits per heavy atom. The summed E-state index contributed by atoms with van der Waals surface area (Å²) in [5.74, 6) is 0.672. The summed E-state index contributed by atoms with van der Waals surface area (Å²) in [5.41, 5.74) is 2.56. The number of benzene rings is 2. The Morgan fingerprint density at radius 2 is 2.00 bits per heavy atom. The lowest BCUT2D eigenvalue weighted by atomic mass is 9.96. The molecule has 1 fully saturated rings. The number of amides is 1. The average molecular weight is 394 g/mol. The van der Waals surface area contributed by atoms with Crippen molar-refractivity contribution in [3.63, 3.8) is 0 Å². The van der Waals surface area contributed by atoms with Gasteiger partial charge in [0.15, 0.2) is 0 Å². The molecule has 150 valence electrons. The minimum absolute atomic E-state index is 0.0603. The molecule has 1 aliphatic rings. The van der Waals surface area contributed by atoms with E-state index in [1.807, 2.05) is 31.2 Å². The van der Waals surface area contributed by atoms with E-state index in [9.17, 15) is 9.18 Å². The topological polar surface area (TPSA) is 71.3 Å². The van der Waals surface area contributed by atoms with Gasteiger partial charge in [-0.2, -0.15) is 4.98 Å².